The Bertz CT molecular complexity index is 552. The van der Waals surface area contributed by atoms with E-state index in [1.807, 2.05) is 24.3 Å². The predicted molar refractivity (Wildman–Crippen MR) is 79.3 cm³/mol. The van der Waals surface area contributed by atoms with Gasteiger partial charge in [0.25, 0.3) is 0 Å². The number of nitrogens with zero attached hydrogens (tertiary/aromatic N) is 1. The summed E-state index contributed by atoms with van der Waals surface area (Å²) in [6.07, 6.45) is 2.41. The Hall–Kier alpha value is -1.88. The van der Waals surface area contributed by atoms with Crippen molar-refractivity contribution in [2.45, 2.75) is 31.8 Å². The maximum atomic E-state index is 12.8. The van der Waals surface area contributed by atoms with Crippen molar-refractivity contribution < 1.29 is 9.59 Å². The number of benzene rings is 1. The SMILES string of the molecule is NC(=O)[C@@H]1Cc2ccccc2CN1C(=O)[C@@H]1CCCNC1. The Balaban J connectivity index is 1.85. The van der Waals surface area contributed by atoms with Crippen molar-refractivity contribution in [3.63, 3.8) is 0 Å². The summed E-state index contributed by atoms with van der Waals surface area (Å²) >= 11 is 0. The van der Waals surface area contributed by atoms with Crippen molar-refractivity contribution in [2.75, 3.05) is 13.1 Å². The second kappa shape index (κ2) is 5.85. The molecule has 2 amide bonds. The molecule has 0 spiro atoms. The molecule has 2 atom stereocenters. The Morgan fingerprint density at radius 2 is 2.00 bits per heavy atom. The minimum absolute atomic E-state index is 0.0362. The van der Waals surface area contributed by atoms with Crippen LogP contribution in [-0.4, -0.2) is 35.8 Å². The first kappa shape index (κ1) is 14.1. The van der Waals surface area contributed by atoms with Gasteiger partial charge >= 0.3 is 0 Å². The summed E-state index contributed by atoms with van der Waals surface area (Å²) in [6, 6.07) is 7.43. The average molecular weight is 287 g/mol. The van der Waals surface area contributed by atoms with Crippen LogP contribution in [0.15, 0.2) is 24.3 Å². The molecule has 5 nitrogen and oxygen atoms in total. The van der Waals surface area contributed by atoms with E-state index >= 15 is 0 Å². The van der Waals surface area contributed by atoms with E-state index in [1.54, 1.807) is 4.90 Å². The van der Waals surface area contributed by atoms with Gasteiger partial charge in [0.1, 0.15) is 6.04 Å². The van der Waals surface area contributed by atoms with Crippen LogP contribution in [0.1, 0.15) is 24.0 Å². The first-order valence-corrected chi connectivity index (χ1v) is 7.54. The van der Waals surface area contributed by atoms with E-state index in [2.05, 4.69) is 5.32 Å². The summed E-state index contributed by atoms with van der Waals surface area (Å²) in [5.41, 5.74) is 7.77. The molecule has 2 heterocycles. The van der Waals surface area contributed by atoms with Gasteiger partial charge in [0, 0.05) is 19.5 Å². The van der Waals surface area contributed by atoms with E-state index < -0.39 is 11.9 Å². The molecule has 2 aliphatic rings. The number of nitrogens with two attached hydrogens (primary N) is 1. The van der Waals surface area contributed by atoms with Gasteiger partial charge in [0.15, 0.2) is 0 Å². The van der Waals surface area contributed by atoms with Crippen molar-refractivity contribution in [1.29, 1.82) is 0 Å². The minimum Gasteiger partial charge on any atom is -0.368 e. The highest BCUT2D eigenvalue weighted by molar-refractivity contribution is 5.88. The topological polar surface area (TPSA) is 75.4 Å². The highest BCUT2D eigenvalue weighted by Crippen LogP contribution is 2.26. The summed E-state index contributed by atoms with van der Waals surface area (Å²) in [6.45, 7) is 2.15. The number of fused-ring (bicyclic) bond motifs is 1. The molecule has 21 heavy (non-hydrogen) atoms. The summed E-state index contributed by atoms with van der Waals surface area (Å²) in [5.74, 6) is -0.395. The molecule has 1 aromatic rings. The molecule has 0 bridgehead atoms. The Morgan fingerprint density at radius 1 is 1.24 bits per heavy atom. The fourth-order valence-electron chi connectivity index (χ4n) is 3.31. The molecule has 3 N–H and O–H groups in total. The fourth-order valence-corrected chi connectivity index (χ4v) is 3.31. The van der Waals surface area contributed by atoms with E-state index in [0.717, 1.165) is 30.5 Å². The third-order valence-corrected chi connectivity index (χ3v) is 4.51. The van der Waals surface area contributed by atoms with Crippen LogP contribution in [0.3, 0.4) is 0 Å². The number of carbonyl (C=O) groups is 2. The van der Waals surface area contributed by atoms with Crippen LogP contribution in [0, 0.1) is 5.92 Å². The van der Waals surface area contributed by atoms with Crippen LogP contribution in [0.5, 0.6) is 0 Å². The number of piperidine rings is 1. The molecule has 1 fully saturated rings. The second-order valence-electron chi connectivity index (χ2n) is 5.90. The number of hydrogen-bond donors (Lipinski definition) is 2. The summed E-state index contributed by atoms with van der Waals surface area (Å²) in [4.78, 5) is 26.2. The van der Waals surface area contributed by atoms with E-state index in [1.165, 1.54) is 0 Å². The Kier molecular flexibility index (Phi) is 3.92. The molecular weight excluding hydrogens is 266 g/mol. The quantitative estimate of drug-likeness (QED) is 0.828. The number of rotatable bonds is 2. The van der Waals surface area contributed by atoms with Gasteiger partial charge < -0.3 is 16.0 Å². The molecule has 0 aliphatic carbocycles. The molecule has 112 valence electrons. The molecular formula is C16H21N3O2. The van der Waals surface area contributed by atoms with Crippen LogP contribution in [-0.2, 0) is 22.6 Å². The van der Waals surface area contributed by atoms with E-state index in [0.29, 0.717) is 19.5 Å². The second-order valence-corrected chi connectivity index (χ2v) is 5.90. The first-order chi connectivity index (χ1) is 10.2. The number of amides is 2. The molecule has 0 saturated carbocycles. The van der Waals surface area contributed by atoms with Crippen molar-refractivity contribution in [3.8, 4) is 0 Å². The van der Waals surface area contributed by atoms with Crippen LogP contribution in [0.2, 0.25) is 0 Å². The normalized spacial score (nSPS) is 25.2. The van der Waals surface area contributed by atoms with Gasteiger partial charge in [-0.3, -0.25) is 9.59 Å². The molecule has 0 aromatic heterocycles. The number of carbonyl (C=O) groups excluding carboxylic acids is 2. The lowest BCUT2D eigenvalue weighted by atomic mass is 9.90. The average Bonchev–Trinajstić information content (AvgIpc) is 2.53. The zero-order valence-corrected chi connectivity index (χ0v) is 12.0. The zero-order chi connectivity index (χ0) is 14.8. The number of hydrogen-bond acceptors (Lipinski definition) is 3. The standard InChI is InChI=1S/C16H21N3O2/c17-15(20)14-8-11-4-1-2-5-13(11)10-19(14)16(21)12-6-3-7-18-9-12/h1-2,4-5,12,14,18H,3,6-10H2,(H2,17,20)/t12-,14+/m1/s1. The van der Waals surface area contributed by atoms with Gasteiger partial charge in [0.2, 0.25) is 11.8 Å². The predicted octanol–water partition coefficient (Wildman–Crippen LogP) is 0.425. The molecule has 0 unspecified atom stereocenters. The lowest BCUT2D eigenvalue weighted by Crippen LogP contribution is -2.54. The Morgan fingerprint density at radius 3 is 2.67 bits per heavy atom. The monoisotopic (exact) mass is 287 g/mol. The van der Waals surface area contributed by atoms with Crippen molar-refractivity contribution in [1.82, 2.24) is 10.2 Å². The number of nitrogens with one attached hydrogen (secondary N) is 1. The maximum absolute atomic E-state index is 12.8. The van der Waals surface area contributed by atoms with Gasteiger partial charge in [-0.25, -0.2) is 0 Å². The summed E-state index contributed by atoms with van der Waals surface area (Å²) in [5, 5.41) is 3.25. The van der Waals surface area contributed by atoms with E-state index in [4.69, 9.17) is 5.73 Å². The van der Waals surface area contributed by atoms with Gasteiger partial charge in [-0.15, -0.1) is 0 Å². The van der Waals surface area contributed by atoms with Crippen LogP contribution in [0.4, 0.5) is 0 Å². The fraction of sp³-hybridized carbons (Fsp3) is 0.500. The highest BCUT2D eigenvalue weighted by atomic mass is 16.2. The third kappa shape index (κ3) is 2.78. The highest BCUT2D eigenvalue weighted by Gasteiger charge is 2.36. The van der Waals surface area contributed by atoms with Crippen molar-refractivity contribution >= 4 is 11.8 Å². The van der Waals surface area contributed by atoms with Crippen LogP contribution in [0.25, 0.3) is 0 Å². The third-order valence-electron chi connectivity index (χ3n) is 4.51. The Labute approximate surface area is 124 Å². The van der Waals surface area contributed by atoms with E-state index in [9.17, 15) is 9.59 Å². The molecule has 3 rings (SSSR count). The molecule has 1 aromatic carbocycles. The van der Waals surface area contributed by atoms with Gasteiger partial charge in [-0.1, -0.05) is 24.3 Å². The van der Waals surface area contributed by atoms with Crippen molar-refractivity contribution in [2.24, 2.45) is 11.7 Å². The molecule has 2 aliphatic heterocycles. The van der Waals surface area contributed by atoms with Gasteiger partial charge in [-0.2, -0.15) is 0 Å². The smallest absolute Gasteiger partial charge is 0.240 e. The van der Waals surface area contributed by atoms with Crippen molar-refractivity contribution in [3.05, 3.63) is 35.4 Å². The first-order valence-electron chi connectivity index (χ1n) is 7.54. The van der Waals surface area contributed by atoms with Gasteiger partial charge in [0.05, 0.1) is 5.92 Å². The molecule has 1 saturated heterocycles. The lowest BCUT2D eigenvalue weighted by Gasteiger charge is -2.38. The molecule has 0 radical (unpaired) electrons. The summed E-state index contributed by atoms with van der Waals surface area (Å²) in [7, 11) is 0. The largest absolute Gasteiger partial charge is 0.368 e. The lowest BCUT2D eigenvalue weighted by molar-refractivity contribution is -0.144. The molecule has 5 heteroatoms. The minimum atomic E-state index is -0.519. The van der Waals surface area contributed by atoms with Crippen LogP contribution >= 0.6 is 0 Å². The van der Waals surface area contributed by atoms with Crippen LogP contribution < -0.4 is 11.1 Å². The maximum Gasteiger partial charge on any atom is 0.240 e. The zero-order valence-electron chi connectivity index (χ0n) is 12.0. The summed E-state index contributed by atoms with van der Waals surface area (Å²) < 4.78 is 0. The van der Waals surface area contributed by atoms with E-state index in [-0.39, 0.29) is 11.8 Å². The van der Waals surface area contributed by atoms with Gasteiger partial charge in [-0.05, 0) is 30.5 Å². The number of primary amides is 1.